The Balaban J connectivity index is 1.93. The minimum atomic E-state index is -0.394. The Morgan fingerprint density at radius 3 is 2.52 bits per heavy atom. The number of carbonyl (C=O) groups is 1. The lowest BCUT2D eigenvalue weighted by atomic mass is 9.94. The number of carbonyl (C=O) groups excluding carboxylic acids is 1. The molecule has 0 atom stereocenters. The second-order valence-corrected chi connectivity index (χ2v) is 5.23. The zero-order chi connectivity index (χ0) is 16.4. The molecule has 1 aromatic carbocycles. The number of anilines is 1. The molecular weight excluding hydrogens is 296 g/mol. The van der Waals surface area contributed by atoms with E-state index in [2.05, 4.69) is 9.97 Å². The Morgan fingerprint density at radius 1 is 1.22 bits per heavy atom. The van der Waals surface area contributed by atoms with Gasteiger partial charge in [-0.1, -0.05) is 12.1 Å². The zero-order valence-corrected chi connectivity index (χ0v) is 13.1. The molecular formula is C16H18N4O3. The molecule has 0 fully saturated rings. The molecule has 0 unspecified atom stereocenters. The molecule has 0 radical (unpaired) electrons. The van der Waals surface area contributed by atoms with Crippen LogP contribution in [0.1, 0.15) is 21.5 Å². The van der Waals surface area contributed by atoms with Crippen molar-refractivity contribution in [3.63, 3.8) is 0 Å². The van der Waals surface area contributed by atoms with Gasteiger partial charge in [0.25, 0.3) is 0 Å². The maximum absolute atomic E-state index is 11.5. The fraction of sp³-hybridized carbons (Fsp3) is 0.312. The summed E-state index contributed by atoms with van der Waals surface area (Å²) in [7, 11) is 3.10. The van der Waals surface area contributed by atoms with Gasteiger partial charge in [0.15, 0.2) is 0 Å². The fourth-order valence-corrected chi connectivity index (χ4v) is 2.75. The molecule has 1 aliphatic heterocycles. The topological polar surface area (TPSA) is 90.6 Å². The van der Waals surface area contributed by atoms with E-state index in [1.165, 1.54) is 0 Å². The average Bonchev–Trinajstić information content (AvgIpc) is 2.59. The largest absolute Gasteiger partial charge is 0.481 e. The van der Waals surface area contributed by atoms with Crippen LogP contribution in [0.2, 0.25) is 0 Å². The quantitative estimate of drug-likeness (QED) is 0.910. The van der Waals surface area contributed by atoms with Crippen LogP contribution in [-0.4, -0.2) is 36.6 Å². The second kappa shape index (κ2) is 6.12. The van der Waals surface area contributed by atoms with Crippen molar-refractivity contribution in [2.45, 2.75) is 13.0 Å². The highest BCUT2D eigenvalue weighted by atomic mass is 16.5. The van der Waals surface area contributed by atoms with Crippen LogP contribution in [0, 0.1) is 0 Å². The van der Waals surface area contributed by atoms with E-state index < -0.39 is 5.91 Å². The molecule has 2 heterocycles. The first-order valence-electron chi connectivity index (χ1n) is 7.25. The highest BCUT2D eigenvalue weighted by molar-refractivity contribution is 5.94. The van der Waals surface area contributed by atoms with Gasteiger partial charge in [-0.3, -0.25) is 4.79 Å². The number of methoxy groups -OCH3 is 2. The van der Waals surface area contributed by atoms with Crippen molar-refractivity contribution >= 4 is 11.9 Å². The molecule has 0 saturated heterocycles. The lowest BCUT2D eigenvalue weighted by molar-refractivity contribution is 0.0999. The summed E-state index contributed by atoms with van der Waals surface area (Å²) in [4.78, 5) is 22.3. The van der Waals surface area contributed by atoms with Gasteiger partial charge < -0.3 is 20.1 Å². The number of nitrogens with zero attached hydrogens (tertiary/aromatic N) is 3. The van der Waals surface area contributed by atoms with Crippen molar-refractivity contribution in [1.82, 2.24) is 9.97 Å². The Bertz CT molecular complexity index is 726. The van der Waals surface area contributed by atoms with E-state index >= 15 is 0 Å². The predicted octanol–water partition coefficient (Wildman–Crippen LogP) is 1.16. The standard InChI is InChI=1S/C16H18N4O3/c1-22-13-8-14(23-2)19-16(18-13)20-7-6-11-10(9-20)4-3-5-12(11)15(17)21/h3-5,8H,6-7,9H2,1-2H3,(H2,17,21). The van der Waals surface area contributed by atoms with E-state index in [1.54, 1.807) is 26.4 Å². The van der Waals surface area contributed by atoms with Crippen LogP contribution in [0.15, 0.2) is 24.3 Å². The molecule has 3 rings (SSSR count). The molecule has 23 heavy (non-hydrogen) atoms. The van der Waals surface area contributed by atoms with Crippen molar-refractivity contribution in [3.05, 3.63) is 41.0 Å². The number of aromatic nitrogens is 2. The maximum atomic E-state index is 11.5. The molecule has 120 valence electrons. The van der Waals surface area contributed by atoms with E-state index in [0.29, 0.717) is 42.8 Å². The molecule has 7 nitrogen and oxygen atoms in total. The highest BCUT2D eigenvalue weighted by Gasteiger charge is 2.23. The van der Waals surface area contributed by atoms with Gasteiger partial charge >= 0.3 is 0 Å². The maximum Gasteiger partial charge on any atom is 0.248 e. The molecule has 2 N–H and O–H groups in total. The average molecular weight is 314 g/mol. The molecule has 7 heteroatoms. The summed E-state index contributed by atoms with van der Waals surface area (Å²) in [5.74, 6) is 1.04. The SMILES string of the molecule is COc1cc(OC)nc(N2CCc3c(cccc3C(N)=O)C2)n1. The Labute approximate surface area is 134 Å². The van der Waals surface area contributed by atoms with Crippen molar-refractivity contribution in [1.29, 1.82) is 0 Å². The smallest absolute Gasteiger partial charge is 0.248 e. The minimum Gasteiger partial charge on any atom is -0.481 e. The number of benzene rings is 1. The zero-order valence-electron chi connectivity index (χ0n) is 13.1. The minimum absolute atomic E-state index is 0.394. The summed E-state index contributed by atoms with van der Waals surface area (Å²) < 4.78 is 10.4. The molecule has 0 spiro atoms. The van der Waals surface area contributed by atoms with E-state index in [0.717, 1.165) is 11.1 Å². The van der Waals surface area contributed by atoms with Crippen LogP contribution >= 0.6 is 0 Å². The summed E-state index contributed by atoms with van der Waals surface area (Å²) >= 11 is 0. The van der Waals surface area contributed by atoms with E-state index in [-0.39, 0.29) is 0 Å². The third kappa shape index (κ3) is 2.90. The Hall–Kier alpha value is -2.83. The first kappa shape index (κ1) is 15.1. The molecule has 1 aliphatic rings. The van der Waals surface area contributed by atoms with Crippen LogP contribution in [0.5, 0.6) is 11.8 Å². The number of fused-ring (bicyclic) bond motifs is 1. The van der Waals surface area contributed by atoms with Crippen LogP contribution in [0.3, 0.4) is 0 Å². The number of hydrogen-bond donors (Lipinski definition) is 1. The van der Waals surface area contributed by atoms with Crippen molar-refractivity contribution in [2.24, 2.45) is 5.73 Å². The normalized spacial score (nSPS) is 13.4. The fourth-order valence-electron chi connectivity index (χ4n) is 2.75. The number of rotatable bonds is 4. The van der Waals surface area contributed by atoms with E-state index in [4.69, 9.17) is 15.2 Å². The van der Waals surface area contributed by atoms with Gasteiger partial charge in [-0.2, -0.15) is 9.97 Å². The number of ether oxygens (including phenoxy) is 2. The Kier molecular flexibility index (Phi) is 4.01. The van der Waals surface area contributed by atoms with Crippen LogP contribution in [0.25, 0.3) is 0 Å². The molecule has 1 amide bonds. The van der Waals surface area contributed by atoms with E-state index in [1.807, 2.05) is 17.0 Å². The number of amides is 1. The van der Waals surface area contributed by atoms with Gasteiger partial charge in [-0.25, -0.2) is 0 Å². The summed E-state index contributed by atoms with van der Waals surface area (Å²) in [5.41, 5.74) is 8.10. The summed E-state index contributed by atoms with van der Waals surface area (Å²) in [6.45, 7) is 1.29. The molecule has 1 aromatic heterocycles. The van der Waals surface area contributed by atoms with E-state index in [9.17, 15) is 4.79 Å². The molecule has 2 aromatic rings. The van der Waals surface area contributed by atoms with Gasteiger partial charge in [-0.15, -0.1) is 0 Å². The summed E-state index contributed by atoms with van der Waals surface area (Å²) in [5, 5.41) is 0. The van der Waals surface area contributed by atoms with Crippen LogP contribution in [0.4, 0.5) is 5.95 Å². The molecule has 0 bridgehead atoms. The van der Waals surface area contributed by atoms with Gasteiger partial charge in [0.2, 0.25) is 23.6 Å². The monoisotopic (exact) mass is 314 g/mol. The summed E-state index contributed by atoms with van der Waals surface area (Å²) in [6.07, 6.45) is 0.706. The number of nitrogens with two attached hydrogens (primary N) is 1. The first-order chi connectivity index (χ1) is 11.1. The van der Waals surface area contributed by atoms with Crippen molar-refractivity contribution in [3.8, 4) is 11.8 Å². The van der Waals surface area contributed by atoms with Gasteiger partial charge in [0.1, 0.15) is 0 Å². The lowest BCUT2D eigenvalue weighted by Gasteiger charge is -2.30. The first-order valence-corrected chi connectivity index (χ1v) is 7.25. The lowest BCUT2D eigenvalue weighted by Crippen LogP contribution is -2.33. The number of primary amides is 1. The summed E-state index contributed by atoms with van der Waals surface area (Å²) in [6, 6.07) is 7.23. The van der Waals surface area contributed by atoms with Crippen LogP contribution < -0.4 is 20.1 Å². The molecule has 0 aliphatic carbocycles. The van der Waals surface area contributed by atoms with Crippen molar-refractivity contribution in [2.75, 3.05) is 25.7 Å². The third-order valence-electron chi connectivity index (χ3n) is 3.90. The number of hydrogen-bond acceptors (Lipinski definition) is 6. The van der Waals surface area contributed by atoms with Gasteiger partial charge in [0, 0.05) is 18.7 Å². The van der Waals surface area contributed by atoms with Crippen molar-refractivity contribution < 1.29 is 14.3 Å². The predicted molar refractivity (Wildman–Crippen MR) is 84.8 cm³/mol. The molecule has 0 saturated carbocycles. The Morgan fingerprint density at radius 2 is 1.91 bits per heavy atom. The highest BCUT2D eigenvalue weighted by Crippen LogP contribution is 2.27. The van der Waals surface area contributed by atoms with Gasteiger partial charge in [-0.05, 0) is 23.6 Å². The third-order valence-corrected chi connectivity index (χ3v) is 3.90. The second-order valence-electron chi connectivity index (χ2n) is 5.23. The van der Waals surface area contributed by atoms with Crippen LogP contribution in [-0.2, 0) is 13.0 Å². The van der Waals surface area contributed by atoms with Gasteiger partial charge in [0.05, 0.1) is 20.3 Å².